The third kappa shape index (κ3) is 4.02. The Morgan fingerprint density at radius 1 is 1.19 bits per heavy atom. The lowest BCUT2D eigenvalue weighted by Crippen LogP contribution is -2.31. The molecule has 140 valence electrons. The number of nitrogens with zero attached hydrogens (tertiary/aromatic N) is 1. The highest BCUT2D eigenvalue weighted by atomic mass is 16.2. The number of benzene rings is 1. The zero-order valence-electron chi connectivity index (χ0n) is 15.5. The second-order valence-corrected chi connectivity index (χ2v) is 7.47. The fourth-order valence-electron chi connectivity index (χ4n) is 4.10. The highest BCUT2D eigenvalue weighted by molar-refractivity contribution is 5.96. The molecule has 0 bridgehead atoms. The number of rotatable bonds is 5. The largest absolute Gasteiger partial charge is 0.352 e. The van der Waals surface area contributed by atoms with Gasteiger partial charge >= 0.3 is 0 Å². The molecule has 2 aromatic rings. The number of anilines is 1. The van der Waals surface area contributed by atoms with E-state index in [1.54, 1.807) is 0 Å². The SMILES string of the molecule is O=C(CCC1Cc2ccccc2NC1=O)NCc1ccnc2c1CCCC2. The smallest absolute Gasteiger partial charge is 0.227 e. The predicted molar refractivity (Wildman–Crippen MR) is 104 cm³/mol. The molecule has 1 aromatic heterocycles. The summed E-state index contributed by atoms with van der Waals surface area (Å²) in [6.45, 7) is 0.545. The molecule has 1 unspecified atom stereocenters. The van der Waals surface area contributed by atoms with Gasteiger partial charge in [-0.1, -0.05) is 18.2 Å². The van der Waals surface area contributed by atoms with Crippen LogP contribution in [-0.2, 0) is 35.4 Å². The summed E-state index contributed by atoms with van der Waals surface area (Å²) in [5.41, 5.74) is 5.71. The minimum absolute atomic E-state index is 0.00281. The zero-order chi connectivity index (χ0) is 18.6. The zero-order valence-corrected chi connectivity index (χ0v) is 15.5. The van der Waals surface area contributed by atoms with Gasteiger partial charge in [0, 0.05) is 36.5 Å². The Kier molecular flexibility index (Phi) is 5.19. The maximum atomic E-state index is 12.3. The minimum atomic E-state index is -0.140. The van der Waals surface area contributed by atoms with Gasteiger partial charge in [0.05, 0.1) is 0 Å². The monoisotopic (exact) mass is 363 g/mol. The molecule has 1 atom stereocenters. The number of pyridine rings is 1. The van der Waals surface area contributed by atoms with Crippen molar-refractivity contribution in [1.29, 1.82) is 0 Å². The van der Waals surface area contributed by atoms with E-state index in [0.717, 1.165) is 24.1 Å². The van der Waals surface area contributed by atoms with Crippen molar-refractivity contribution in [3.63, 3.8) is 0 Å². The minimum Gasteiger partial charge on any atom is -0.352 e. The van der Waals surface area contributed by atoms with E-state index >= 15 is 0 Å². The number of hydrogen-bond donors (Lipinski definition) is 2. The van der Waals surface area contributed by atoms with Gasteiger partial charge in [-0.15, -0.1) is 0 Å². The van der Waals surface area contributed by atoms with E-state index in [1.807, 2.05) is 36.5 Å². The molecule has 2 aliphatic rings. The van der Waals surface area contributed by atoms with Crippen molar-refractivity contribution in [2.45, 2.75) is 51.5 Å². The topological polar surface area (TPSA) is 71.1 Å². The molecule has 2 N–H and O–H groups in total. The molecule has 0 saturated heterocycles. The summed E-state index contributed by atoms with van der Waals surface area (Å²) in [5.74, 6) is -0.118. The lowest BCUT2D eigenvalue weighted by molar-refractivity contribution is -0.122. The molecule has 4 rings (SSSR count). The van der Waals surface area contributed by atoms with Gasteiger partial charge in [-0.25, -0.2) is 0 Å². The number of aromatic nitrogens is 1. The summed E-state index contributed by atoms with van der Waals surface area (Å²) >= 11 is 0. The van der Waals surface area contributed by atoms with Crippen LogP contribution in [0.15, 0.2) is 36.5 Å². The van der Waals surface area contributed by atoms with Crippen LogP contribution in [0.3, 0.4) is 0 Å². The summed E-state index contributed by atoms with van der Waals surface area (Å²) in [6, 6.07) is 9.87. The van der Waals surface area contributed by atoms with Crippen LogP contribution in [0, 0.1) is 5.92 Å². The summed E-state index contributed by atoms with van der Waals surface area (Å²) < 4.78 is 0. The van der Waals surface area contributed by atoms with Crippen LogP contribution < -0.4 is 10.6 Å². The van der Waals surface area contributed by atoms with Crippen molar-refractivity contribution in [2.75, 3.05) is 5.32 Å². The Morgan fingerprint density at radius 2 is 2.04 bits per heavy atom. The van der Waals surface area contributed by atoms with Gasteiger partial charge in [0.15, 0.2) is 0 Å². The number of amides is 2. The first-order valence-electron chi connectivity index (χ1n) is 9.82. The average molecular weight is 363 g/mol. The van der Waals surface area contributed by atoms with Crippen LogP contribution in [0.5, 0.6) is 0 Å². The summed E-state index contributed by atoms with van der Waals surface area (Å²) in [5, 5.41) is 5.97. The number of aryl methyl sites for hydroxylation is 1. The van der Waals surface area contributed by atoms with Crippen LogP contribution in [0.1, 0.15) is 48.1 Å². The lowest BCUT2D eigenvalue weighted by Gasteiger charge is -2.24. The third-order valence-corrected chi connectivity index (χ3v) is 5.64. The Morgan fingerprint density at radius 3 is 2.96 bits per heavy atom. The van der Waals surface area contributed by atoms with Gasteiger partial charge in [0.1, 0.15) is 0 Å². The molecular weight excluding hydrogens is 338 g/mol. The Hall–Kier alpha value is -2.69. The van der Waals surface area contributed by atoms with E-state index in [0.29, 0.717) is 25.8 Å². The maximum absolute atomic E-state index is 12.3. The van der Waals surface area contributed by atoms with Crippen molar-refractivity contribution in [3.05, 3.63) is 58.9 Å². The van der Waals surface area contributed by atoms with Crippen molar-refractivity contribution < 1.29 is 9.59 Å². The van der Waals surface area contributed by atoms with E-state index < -0.39 is 0 Å². The maximum Gasteiger partial charge on any atom is 0.227 e. The first kappa shape index (κ1) is 17.7. The second kappa shape index (κ2) is 7.91. The lowest BCUT2D eigenvalue weighted by atomic mass is 9.89. The molecule has 2 heterocycles. The van der Waals surface area contributed by atoms with Crippen LogP contribution in [-0.4, -0.2) is 16.8 Å². The molecular formula is C22H25N3O2. The molecule has 27 heavy (non-hydrogen) atoms. The molecule has 5 heteroatoms. The molecule has 0 spiro atoms. The number of carbonyl (C=O) groups is 2. The highest BCUT2D eigenvalue weighted by Crippen LogP contribution is 2.27. The van der Waals surface area contributed by atoms with E-state index in [1.165, 1.54) is 29.7 Å². The number of fused-ring (bicyclic) bond motifs is 2. The number of hydrogen-bond acceptors (Lipinski definition) is 3. The van der Waals surface area contributed by atoms with Crippen molar-refractivity contribution in [2.24, 2.45) is 5.92 Å². The quantitative estimate of drug-likeness (QED) is 0.857. The Balaban J connectivity index is 1.30. The van der Waals surface area contributed by atoms with E-state index in [4.69, 9.17) is 0 Å². The number of nitrogens with one attached hydrogen (secondary N) is 2. The van der Waals surface area contributed by atoms with Gasteiger partial charge in [0.2, 0.25) is 11.8 Å². The fourth-order valence-corrected chi connectivity index (χ4v) is 4.10. The standard InChI is InChI=1S/C22H25N3O2/c26-21(24-14-17-11-12-23-20-8-4-2-6-18(17)20)10-9-16-13-15-5-1-3-7-19(15)25-22(16)27/h1,3,5,7,11-12,16H,2,4,6,8-10,13-14H2,(H,24,26)(H,25,27). The molecule has 1 aliphatic carbocycles. The summed E-state index contributed by atoms with van der Waals surface area (Å²) in [4.78, 5) is 29.1. The molecule has 1 aromatic carbocycles. The molecule has 5 nitrogen and oxygen atoms in total. The summed E-state index contributed by atoms with van der Waals surface area (Å²) in [7, 11) is 0. The predicted octanol–water partition coefficient (Wildman–Crippen LogP) is 3.17. The first-order chi connectivity index (χ1) is 13.2. The molecule has 0 fully saturated rings. The number of carbonyl (C=O) groups excluding carboxylic acids is 2. The van der Waals surface area contributed by atoms with Crippen LogP contribution >= 0.6 is 0 Å². The van der Waals surface area contributed by atoms with Crippen LogP contribution in [0.2, 0.25) is 0 Å². The van der Waals surface area contributed by atoms with E-state index in [-0.39, 0.29) is 17.7 Å². The third-order valence-electron chi connectivity index (χ3n) is 5.64. The first-order valence-corrected chi connectivity index (χ1v) is 9.82. The fraction of sp³-hybridized carbons (Fsp3) is 0.409. The summed E-state index contributed by atoms with van der Waals surface area (Å²) in [6.07, 6.45) is 7.96. The second-order valence-electron chi connectivity index (χ2n) is 7.47. The van der Waals surface area contributed by atoms with Crippen molar-refractivity contribution >= 4 is 17.5 Å². The molecule has 1 aliphatic heterocycles. The van der Waals surface area contributed by atoms with Gasteiger partial charge in [-0.2, -0.15) is 0 Å². The highest BCUT2D eigenvalue weighted by Gasteiger charge is 2.26. The number of para-hydroxylation sites is 1. The average Bonchev–Trinajstić information content (AvgIpc) is 2.70. The van der Waals surface area contributed by atoms with E-state index in [9.17, 15) is 9.59 Å². The molecule has 0 radical (unpaired) electrons. The van der Waals surface area contributed by atoms with E-state index in [2.05, 4.69) is 15.6 Å². The molecule has 0 saturated carbocycles. The van der Waals surface area contributed by atoms with Crippen LogP contribution in [0.4, 0.5) is 5.69 Å². The van der Waals surface area contributed by atoms with Gasteiger partial charge in [-0.05, 0) is 67.3 Å². The Labute approximate surface area is 159 Å². The molecule has 2 amide bonds. The van der Waals surface area contributed by atoms with Gasteiger partial charge < -0.3 is 10.6 Å². The van der Waals surface area contributed by atoms with Crippen molar-refractivity contribution in [3.8, 4) is 0 Å². The normalized spacial score (nSPS) is 18.2. The van der Waals surface area contributed by atoms with Gasteiger partial charge in [-0.3, -0.25) is 14.6 Å². The van der Waals surface area contributed by atoms with Gasteiger partial charge in [0.25, 0.3) is 0 Å². The van der Waals surface area contributed by atoms with Crippen LogP contribution in [0.25, 0.3) is 0 Å². The Bertz CT molecular complexity index is 862. The van der Waals surface area contributed by atoms with Crippen molar-refractivity contribution in [1.82, 2.24) is 10.3 Å².